The van der Waals surface area contributed by atoms with Crippen LogP contribution in [0.2, 0.25) is 0 Å². The Kier molecular flexibility index (Phi) is 4.04. The smallest absolute Gasteiger partial charge is 0.405 e. The van der Waals surface area contributed by atoms with Crippen LogP contribution in [0.15, 0.2) is 30.3 Å². The summed E-state index contributed by atoms with van der Waals surface area (Å²) >= 11 is 0. The van der Waals surface area contributed by atoms with E-state index in [1.807, 2.05) is 30.3 Å². The van der Waals surface area contributed by atoms with Gasteiger partial charge in [0.25, 0.3) is 0 Å². The van der Waals surface area contributed by atoms with Gasteiger partial charge in [-0.1, -0.05) is 30.3 Å². The second kappa shape index (κ2) is 5.57. The lowest BCUT2D eigenvalue weighted by Crippen LogP contribution is -2.48. The molecule has 1 aliphatic rings. The summed E-state index contributed by atoms with van der Waals surface area (Å²) in [5, 5.41) is 9.46. The second-order valence-corrected chi connectivity index (χ2v) is 5.09. The van der Waals surface area contributed by atoms with E-state index in [9.17, 15) is 14.3 Å². The highest BCUT2D eigenvalue weighted by Crippen LogP contribution is 2.36. The molecule has 0 bridgehead atoms. The minimum Gasteiger partial charge on any atom is -0.443 e. The van der Waals surface area contributed by atoms with Crippen molar-refractivity contribution in [2.45, 2.75) is 43.6 Å². The van der Waals surface area contributed by atoms with Crippen molar-refractivity contribution in [2.75, 3.05) is 0 Å². The number of benzene rings is 1. The van der Waals surface area contributed by atoms with Crippen molar-refractivity contribution in [1.29, 1.82) is 0 Å². The number of carbonyl (C=O) groups excluding carboxylic acids is 1. The number of hydrogen-bond donors (Lipinski definition) is 2. The number of alkyl halides is 1. The number of ether oxygens (including phenoxy) is 1. The molecule has 0 spiro atoms. The molecule has 1 aromatic carbocycles. The zero-order valence-corrected chi connectivity index (χ0v) is 10.6. The van der Waals surface area contributed by atoms with E-state index < -0.39 is 24.0 Å². The zero-order chi connectivity index (χ0) is 13.9. The summed E-state index contributed by atoms with van der Waals surface area (Å²) in [4.78, 5) is 11.1. The van der Waals surface area contributed by atoms with Crippen LogP contribution >= 0.6 is 0 Å². The number of nitrogens with two attached hydrogens (primary N) is 1. The van der Waals surface area contributed by atoms with Crippen LogP contribution < -0.4 is 5.73 Å². The Morgan fingerprint density at radius 2 is 2.16 bits per heavy atom. The first-order valence-corrected chi connectivity index (χ1v) is 6.35. The molecule has 1 aromatic rings. The van der Waals surface area contributed by atoms with Gasteiger partial charge in [-0.15, -0.1) is 0 Å². The first kappa shape index (κ1) is 13.8. The molecule has 0 heterocycles. The number of aliphatic hydroxyl groups is 1. The highest BCUT2D eigenvalue weighted by atomic mass is 19.1. The van der Waals surface area contributed by atoms with Gasteiger partial charge in [-0.05, 0) is 18.4 Å². The van der Waals surface area contributed by atoms with Crippen LogP contribution in [0.5, 0.6) is 0 Å². The minimum atomic E-state index is -1.39. The molecular weight excluding hydrogens is 249 g/mol. The van der Waals surface area contributed by atoms with Gasteiger partial charge in [0.15, 0.2) is 0 Å². The lowest BCUT2D eigenvalue weighted by molar-refractivity contribution is -0.0760. The van der Waals surface area contributed by atoms with Crippen LogP contribution in [0.1, 0.15) is 24.8 Å². The number of rotatable bonds is 3. The Bertz CT molecular complexity index is 440. The van der Waals surface area contributed by atoms with Crippen LogP contribution in [0.25, 0.3) is 0 Å². The van der Waals surface area contributed by atoms with Crippen LogP contribution in [0.4, 0.5) is 9.18 Å². The molecule has 0 aromatic heterocycles. The monoisotopic (exact) mass is 267 g/mol. The van der Waals surface area contributed by atoms with Gasteiger partial charge in [-0.3, -0.25) is 0 Å². The van der Waals surface area contributed by atoms with Crippen LogP contribution in [0.3, 0.4) is 0 Å². The van der Waals surface area contributed by atoms with Gasteiger partial charge in [0.05, 0.1) is 6.10 Å². The Hall–Kier alpha value is -1.62. The molecule has 5 heteroatoms. The van der Waals surface area contributed by atoms with Crippen LogP contribution in [-0.4, -0.2) is 29.1 Å². The summed E-state index contributed by atoms with van der Waals surface area (Å²) in [6, 6.07) is 9.41. The molecule has 4 nitrogen and oxygen atoms in total. The van der Waals surface area contributed by atoms with E-state index in [2.05, 4.69) is 0 Å². The molecule has 3 N–H and O–H groups in total. The van der Waals surface area contributed by atoms with E-state index in [0.717, 1.165) is 5.56 Å². The number of amides is 1. The molecule has 3 atom stereocenters. The van der Waals surface area contributed by atoms with Gasteiger partial charge in [0, 0.05) is 12.8 Å². The predicted molar refractivity (Wildman–Crippen MR) is 68.3 cm³/mol. The highest BCUT2D eigenvalue weighted by molar-refractivity contribution is 5.65. The molecule has 0 aliphatic heterocycles. The number of primary amides is 1. The SMILES string of the molecule is NC(=O)O[C@@]1(Cc2ccccc2)CC[C@@H](O)[C@@H](F)C1. The van der Waals surface area contributed by atoms with E-state index in [0.29, 0.717) is 12.8 Å². The van der Waals surface area contributed by atoms with Crippen molar-refractivity contribution < 1.29 is 19.0 Å². The lowest BCUT2D eigenvalue weighted by atomic mass is 9.78. The summed E-state index contributed by atoms with van der Waals surface area (Å²) in [6.45, 7) is 0. The molecule has 0 radical (unpaired) electrons. The fourth-order valence-electron chi connectivity index (χ4n) is 2.66. The van der Waals surface area contributed by atoms with E-state index in [1.165, 1.54) is 0 Å². The van der Waals surface area contributed by atoms with E-state index in [-0.39, 0.29) is 12.8 Å². The van der Waals surface area contributed by atoms with Gasteiger partial charge in [0.2, 0.25) is 0 Å². The van der Waals surface area contributed by atoms with Crippen molar-refractivity contribution in [1.82, 2.24) is 0 Å². The van der Waals surface area contributed by atoms with Crippen molar-refractivity contribution in [3.63, 3.8) is 0 Å². The summed E-state index contributed by atoms with van der Waals surface area (Å²) < 4.78 is 18.9. The summed E-state index contributed by atoms with van der Waals surface area (Å²) in [5.41, 5.74) is 5.09. The van der Waals surface area contributed by atoms with E-state index >= 15 is 0 Å². The zero-order valence-electron chi connectivity index (χ0n) is 10.6. The minimum absolute atomic E-state index is 0.0218. The maximum atomic E-state index is 13.7. The number of carbonyl (C=O) groups is 1. The molecule has 1 aliphatic carbocycles. The van der Waals surface area contributed by atoms with Crippen LogP contribution in [-0.2, 0) is 11.2 Å². The van der Waals surface area contributed by atoms with Crippen molar-refractivity contribution in [3.8, 4) is 0 Å². The number of halogens is 1. The first-order chi connectivity index (χ1) is 9.01. The molecule has 2 rings (SSSR count). The van der Waals surface area contributed by atoms with Crippen molar-refractivity contribution >= 4 is 6.09 Å². The van der Waals surface area contributed by atoms with E-state index in [4.69, 9.17) is 10.5 Å². The summed E-state index contributed by atoms with van der Waals surface area (Å²) in [5.74, 6) is 0. The Balaban J connectivity index is 2.18. The summed E-state index contributed by atoms with van der Waals surface area (Å²) in [7, 11) is 0. The Morgan fingerprint density at radius 1 is 1.47 bits per heavy atom. The van der Waals surface area contributed by atoms with Gasteiger partial charge in [-0.2, -0.15) is 0 Å². The van der Waals surface area contributed by atoms with Crippen LogP contribution in [0, 0.1) is 0 Å². The molecule has 0 unspecified atom stereocenters. The Labute approximate surface area is 111 Å². The molecule has 1 fully saturated rings. The predicted octanol–water partition coefficient (Wildman–Crippen LogP) is 1.95. The number of aliphatic hydroxyl groups excluding tert-OH is 1. The lowest BCUT2D eigenvalue weighted by Gasteiger charge is -2.39. The maximum Gasteiger partial charge on any atom is 0.405 e. The standard InChI is InChI=1S/C14H18FNO3/c15-11-9-14(19-13(16)18,7-6-12(11)17)8-10-4-2-1-3-5-10/h1-5,11-12,17H,6-9H2,(H2,16,18)/t11-,12+,14+/m0/s1. The number of hydrogen-bond acceptors (Lipinski definition) is 3. The molecule has 0 saturated heterocycles. The third kappa shape index (κ3) is 3.44. The van der Waals surface area contributed by atoms with Gasteiger partial charge in [0.1, 0.15) is 11.8 Å². The molecule has 1 saturated carbocycles. The van der Waals surface area contributed by atoms with Crippen molar-refractivity contribution in [3.05, 3.63) is 35.9 Å². The quantitative estimate of drug-likeness (QED) is 0.879. The highest BCUT2D eigenvalue weighted by Gasteiger charge is 2.43. The third-order valence-electron chi connectivity index (χ3n) is 3.57. The Morgan fingerprint density at radius 3 is 2.74 bits per heavy atom. The normalized spacial score (nSPS) is 30.8. The fourth-order valence-corrected chi connectivity index (χ4v) is 2.66. The van der Waals surface area contributed by atoms with Gasteiger partial charge < -0.3 is 15.6 Å². The topological polar surface area (TPSA) is 72.6 Å². The van der Waals surface area contributed by atoms with Gasteiger partial charge in [-0.25, -0.2) is 9.18 Å². The second-order valence-electron chi connectivity index (χ2n) is 5.09. The molecular formula is C14H18FNO3. The van der Waals surface area contributed by atoms with Crippen molar-refractivity contribution in [2.24, 2.45) is 5.73 Å². The van der Waals surface area contributed by atoms with E-state index in [1.54, 1.807) is 0 Å². The maximum absolute atomic E-state index is 13.7. The largest absolute Gasteiger partial charge is 0.443 e. The average Bonchev–Trinajstić information content (AvgIpc) is 2.35. The first-order valence-electron chi connectivity index (χ1n) is 6.35. The van der Waals surface area contributed by atoms with Gasteiger partial charge >= 0.3 is 6.09 Å². The third-order valence-corrected chi connectivity index (χ3v) is 3.57. The molecule has 19 heavy (non-hydrogen) atoms. The molecule has 104 valence electrons. The summed E-state index contributed by atoms with van der Waals surface area (Å²) in [6.07, 6.45) is -2.22. The molecule has 1 amide bonds. The average molecular weight is 267 g/mol. The fraction of sp³-hybridized carbons (Fsp3) is 0.500.